The van der Waals surface area contributed by atoms with Crippen molar-refractivity contribution in [2.75, 3.05) is 20.2 Å². The van der Waals surface area contributed by atoms with E-state index in [1.807, 2.05) is 0 Å². The Kier molecular flexibility index (Phi) is 4.24. The van der Waals surface area contributed by atoms with Gasteiger partial charge in [0.05, 0.1) is 22.2 Å². The number of rotatable bonds is 2. The Hall–Kier alpha value is -1.07. The highest BCUT2D eigenvalue weighted by Gasteiger charge is 2.29. The fraction of sp³-hybridized carbons (Fsp3) is 0.500. The van der Waals surface area contributed by atoms with Crippen molar-refractivity contribution in [2.24, 2.45) is 5.92 Å². The van der Waals surface area contributed by atoms with Gasteiger partial charge in [-0.2, -0.15) is 0 Å². The molecule has 1 aromatic rings. The normalized spacial score (nSPS) is 19.7. The first-order valence-corrected chi connectivity index (χ1v) is 6.93. The van der Waals surface area contributed by atoms with E-state index in [0.717, 1.165) is 12.8 Å². The van der Waals surface area contributed by atoms with Crippen molar-refractivity contribution in [1.82, 2.24) is 4.90 Å². The SMILES string of the molecule is COC(=O)[C@H]1CCCN(C(=O)c2ccc(Cl)s2)C1. The van der Waals surface area contributed by atoms with Crippen molar-refractivity contribution in [2.45, 2.75) is 12.8 Å². The summed E-state index contributed by atoms with van der Waals surface area (Å²) in [5, 5.41) is 0. The molecular formula is C12H14ClNO3S. The van der Waals surface area contributed by atoms with Crippen LogP contribution in [0.3, 0.4) is 0 Å². The molecule has 0 aliphatic carbocycles. The fourth-order valence-corrected chi connectivity index (χ4v) is 3.12. The highest BCUT2D eigenvalue weighted by molar-refractivity contribution is 7.17. The van der Waals surface area contributed by atoms with Gasteiger partial charge in [0, 0.05) is 13.1 Å². The number of methoxy groups -OCH3 is 1. The van der Waals surface area contributed by atoms with E-state index < -0.39 is 0 Å². The fourth-order valence-electron chi connectivity index (χ4n) is 2.11. The maximum atomic E-state index is 12.2. The summed E-state index contributed by atoms with van der Waals surface area (Å²) >= 11 is 7.08. The summed E-state index contributed by atoms with van der Waals surface area (Å²) < 4.78 is 5.33. The molecule has 1 fully saturated rings. The van der Waals surface area contributed by atoms with E-state index in [1.165, 1.54) is 18.4 Å². The Balaban J connectivity index is 2.05. The Bertz CT molecular complexity index is 460. The van der Waals surface area contributed by atoms with Gasteiger partial charge < -0.3 is 9.64 Å². The maximum absolute atomic E-state index is 12.2. The summed E-state index contributed by atoms with van der Waals surface area (Å²) in [7, 11) is 1.38. The molecule has 0 N–H and O–H groups in total. The van der Waals surface area contributed by atoms with Crippen LogP contribution in [0.4, 0.5) is 0 Å². The lowest BCUT2D eigenvalue weighted by Crippen LogP contribution is -2.42. The molecule has 1 aromatic heterocycles. The van der Waals surface area contributed by atoms with E-state index in [4.69, 9.17) is 16.3 Å². The summed E-state index contributed by atoms with van der Waals surface area (Å²) in [6.07, 6.45) is 1.60. The van der Waals surface area contributed by atoms with E-state index in [9.17, 15) is 9.59 Å². The molecule has 2 rings (SSSR count). The van der Waals surface area contributed by atoms with Crippen LogP contribution in [-0.4, -0.2) is 37.0 Å². The first-order chi connectivity index (χ1) is 8.61. The molecule has 0 unspecified atom stereocenters. The molecule has 1 aliphatic rings. The van der Waals surface area contributed by atoms with Gasteiger partial charge in [0.15, 0.2) is 0 Å². The van der Waals surface area contributed by atoms with Gasteiger partial charge in [0.1, 0.15) is 0 Å². The van der Waals surface area contributed by atoms with Crippen LogP contribution in [-0.2, 0) is 9.53 Å². The minimum Gasteiger partial charge on any atom is -0.469 e. The molecular weight excluding hydrogens is 274 g/mol. The molecule has 98 valence electrons. The van der Waals surface area contributed by atoms with Crippen molar-refractivity contribution >= 4 is 34.8 Å². The number of hydrogen-bond donors (Lipinski definition) is 0. The zero-order valence-corrected chi connectivity index (χ0v) is 11.6. The molecule has 6 heteroatoms. The van der Waals surface area contributed by atoms with Crippen molar-refractivity contribution in [1.29, 1.82) is 0 Å². The van der Waals surface area contributed by atoms with Gasteiger partial charge in [-0.1, -0.05) is 11.6 Å². The monoisotopic (exact) mass is 287 g/mol. The van der Waals surface area contributed by atoms with E-state index in [-0.39, 0.29) is 17.8 Å². The molecule has 0 bridgehead atoms. The first kappa shape index (κ1) is 13.4. The Morgan fingerprint density at radius 1 is 1.50 bits per heavy atom. The molecule has 0 saturated carbocycles. The average molecular weight is 288 g/mol. The Morgan fingerprint density at radius 2 is 2.28 bits per heavy atom. The smallest absolute Gasteiger partial charge is 0.310 e. The molecule has 4 nitrogen and oxygen atoms in total. The number of esters is 1. The number of piperidine rings is 1. The molecule has 1 amide bonds. The molecule has 0 spiro atoms. The number of thiophene rings is 1. The lowest BCUT2D eigenvalue weighted by molar-refractivity contribution is -0.146. The molecule has 0 radical (unpaired) electrons. The van der Waals surface area contributed by atoms with E-state index in [1.54, 1.807) is 17.0 Å². The molecule has 18 heavy (non-hydrogen) atoms. The van der Waals surface area contributed by atoms with Crippen LogP contribution in [0.15, 0.2) is 12.1 Å². The van der Waals surface area contributed by atoms with E-state index >= 15 is 0 Å². The minimum absolute atomic E-state index is 0.0551. The highest BCUT2D eigenvalue weighted by Crippen LogP contribution is 2.25. The minimum atomic E-state index is -0.239. The van der Waals surface area contributed by atoms with Gasteiger partial charge in [-0.3, -0.25) is 9.59 Å². The lowest BCUT2D eigenvalue weighted by atomic mass is 9.98. The van der Waals surface area contributed by atoms with Gasteiger partial charge in [-0.15, -0.1) is 11.3 Å². The number of nitrogens with zero attached hydrogens (tertiary/aromatic N) is 1. The Labute approximate surface area is 114 Å². The van der Waals surface area contributed by atoms with Crippen molar-refractivity contribution in [3.05, 3.63) is 21.3 Å². The second-order valence-electron chi connectivity index (χ2n) is 4.22. The van der Waals surface area contributed by atoms with Gasteiger partial charge >= 0.3 is 5.97 Å². The standard InChI is InChI=1S/C12H14ClNO3S/c1-17-12(16)8-3-2-6-14(7-8)11(15)9-4-5-10(13)18-9/h4-5,8H,2-3,6-7H2,1H3/t8-/m0/s1. The molecule has 1 saturated heterocycles. The lowest BCUT2D eigenvalue weighted by Gasteiger charge is -2.30. The van der Waals surface area contributed by atoms with Crippen molar-refractivity contribution < 1.29 is 14.3 Å². The summed E-state index contributed by atoms with van der Waals surface area (Å²) in [5.74, 6) is -0.500. The van der Waals surface area contributed by atoms with Gasteiger partial charge in [0.2, 0.25) is 0 Å². The zero-order valence-electron chi connectivity index (χ0n) is 10.0. The van der Waals surface area contributed by atoms with Crippen LogP contribution in [0.2, 0.25) is 4.34 Å². The second kappa shape index (κ2) is 5.71. The van der Waals surface area contributed by atoms with Crippen molar-refractivity contribution in [3.63, 3.8) is 0 Å². The van der Waals surface area contributed by atoms with Gasteiger partial charge in [0.25, 0.3) is 5.91 Å². The number of hydrogen-bond acceptors (Lipinski definition) is 4. The number of ether oxygens (including phenoxy) is 1. The number of carbonyl (C=O) groups excluding carboxylic acids is 2. The Morgan fingerprint density at radius 3 is 2.89 bits per heavy atom. The van der Waals surface area contributed by atoms with E-state index in [2.05, 4.69) is 0 Å². The van der Waals surface area contributed by atoms with Crippen LogP contribution in [0.1, 0.15) is 22.5 Å². The van der Waals surface area contributed by atoms with Crippen LogP contribution in [0.25, 0.3) is 0 Å². The van der Waals surface area contributed by atoms with Crippen LogP contribution >= 0.6 is 22.9 Å². The quantitative estimate of drug-likeness (QED) is 0.785. The molecule has 1 aliphatic heterocycles. The maximum Gasteiger partial charge on any atom is 0.310 e. The molecule has 1 atom stereocenters. The summed E-state index contributed by atoms with van der Waals surface area (Å²) in [5.41, 5.74) is 0. The largest absolute Gasteiger partial charge is 0.469 e. The molecule has 0 aromatic carbocycles. The number of halogens is 1. The van der Waals surface area contributed by atoms with Gasteiger partial charge in [-0.05, 0) is 25.0 Å². The predicted octanol–water partition coefficient (Wildman–Crippen LogP) is 2.43. The third kappa shape index (κ3) is 2.84. The second-order valence-corrected chi connectivity index (χ2v) is 5.93. The average Bonchev–Trinajstić information content (AvgIpc) is 2.83. The van der Waals surface area contributed by atoms with Crippen LogP contribution in [0, 0.1) is 5.92 Å². The van der Waals surface area contributed by atoms with Crippen LogP contribution < -0.4 is 0 Å². The summed E-state index contributed by atoms with van der Waals surface area (Å²) in [6, 6.07) is 3.43. The summed E-state index contributed by atoms with van der Waals surface area (Å²) in [4.78, 5) is 26.0. The third-order valence-electron chi connectivity index (χ3n) is 3.03. The van der Waals surface area contributed by atoms with Crippen molar-refractivity contribution in [3.8, 4) is 0 Å². The summed E-state index contributed by atoms with van der Waals surface area (Å²) in [6.45, 7) is 1.11. The zero-order chi connectivity index (χ0) is 13.1. The predicted molar refractivity (Wildman–Crippen MR) is 70.0 cm³/mol. The van der Waals surface area contributed by atoms with Gasteiger partial charge in [-0.25, -0.2) is 0 Å². The number of amides is 1. The first-order valence-electron chi connectivity index (χ1n) is 5.74. The van der Waals surface area contributed by atoms with E-state index in [0.29, 0.717) is 22.3 Å². The number of carbonyl (C=O) groups is 2. The molecule has 2 heterocycles. The number of likely N-dealkylation sites (tertiary alicyclic amines) is 1. The van der Waals surface area contributed by atoms with Crippen LogP contribution in [0.5, 0.6) is 0 Å². The third-order valence-corrected chi connectivity index (χ3v) is 4.25. The highest BCUT2D eigenvalue weighted by atomic mass is 35.5. The topological polar surface area (TPSA) is 46.6 Å².